The van der Waals surface area contributed by atoms with Gasteiger partial charge in [0.25, 0.3) is 0 Å². The zero-order chi connectivity index (χ0) is 12.3. The van der Waals surface area contributed by atoms with Gasteiger partial charge in [0, 0.05) is 30.7 Å². The Labute approximate surface area is 105 Å². The first-order valence-electron chi connectivity index (χ1n) is 5.51. The van der Waals surface area contributed by atoms with Crippen LogP contribution in [0.3, 0.4) is 0 Å². The lowest BCUT2D eigenvalue weighted by atomic mass is 10.3. The summed E-state index contributed by atoms with van der Waals surface area (Å²) in [6, 6.07) is 3.97. The maximum absolute atomic E-state index is 8.61. The molecule has 0 amide bonds. The van der Waals surface area contributed by atoms with Crippen LogP contribution in [0.15, 0.2) is 18.3 Å². The average molecular weight is 255 g/mol. The van der Waals surface area contributed by atoms with Crippen molar-refractivity contribution in [3.63, 3.8) is 0 Å². The van der Waals surface area contributed by atoms with Crippen molar-refractivity contribution in [1.82, 2.24) is 9.55 Å². The highest BCUT2D eigenvalue weighted by Crippen LogP contribution is 2.20. The van der Waals surface area contributed by atoms with Crippen LogP contribution in [0.1, 0.15) is 5.69 Å². The Morgan fingerprint density at radius 1 is 1.41 bits per heavy atom. The van der Waals surface area contributed by atoms with Gasteiger partial charge in [0.05, 0.1) is 24.8 Å². The lowest BCUT2D eigenvalue weighted by molar-refractivity contribution is 0.0938. The molecule has 0 bridgehead atoms. The third-order valence-electron chi connectivity index (χ3n) is 2.67. The summed E-state index contributed by atoms with van der Waals surface area (Å²) in [6.07, 6.45) is 2.44. The van der Waals surface area contributed by atoms with Gasteiger partial charge in [-0.3, -0.25) is 0 Å². The molecule has 4 nitrogen and oxygen atoms in total. The van der Waals surface area contributed by atoms with Gasteiger partial charge >= 0.3 is 0 Å². The van der Waals surface area contributed by atoms with Crippen LogP contribution in [-0.4, -0.2) is 34.5 Å². The molecule has 5 heteroatoms. The van der Waals surface area contributed by atoms with Crippen LogP contribution in [0.25, 0.3) is 11.0 Å². The topological polar surface area (TPSA) is 47.3 Å². The van der Waals surface area contributed by atoms with E-state index in [-0.39, 0.29) is 6.61 Å². The standard InChI is InChI=1S/C12H15ClN2O2/c1-15-11(2-4-17-5-3-16)7-9-6-10(13)8-14-12(9)15/h6-8,16H,2-5H2,1H3. The van der Waals surface area contributed by atoms with Gasteiger partial charge in [-0.05, 0) is 12.1 Å². The number of pyridine rings is 1. The zero-order valence-electron chi connectivity index (χ0n) is 9.69. The molecule has 2 heterocycles. The Morgan fingerprint density at radius 2 is 2.24 bits per heavy atom. The van der Waals surface area contributed by atoms with Crippen LogP contribution in [0, 0.1) is 0 Å². The zero-order valence-corrected chi connectivity index (χ0v) is 10.4. The van der Waals surface area contributed by atoms with Crippen LogP contribution in [0.2, 0.25) is 5.02 Å². The number of aromatic nitrogens is 2. The van der Waals surface area contributed by atoms with E-state index in [0.29, 0.717) is 18.2 Å². The fourth-order valence-corrected chi connectivity index (χ4v) is 2.00. The first-order valence-corrected chi connectivity index (χ1v) is 5.88. The lowest BCUT2D eigenvalue weighted by Crippen LogP contribution is -2.06. The summed E-state index contributed by atoms with van der Waals surface area (Å²) < 4.78 is 7.29. The minimum absolute atomic E-state index is 0.0618. The number of aryl methyl sites for hydroxylation is 1. The molecule has 0 saturated carbocycles. The van der Waals surface area contributed by atoms with Gasteiger partial charge in [0.15, 0.2) is 0 Å². The SMILES string of the molecule is Cn1c(CCOCCO)cc2cc(Cl)cnc21. The summed E-state index contributed by atoms with van der Waals surface area (Å²) in [5.74, 6) is 0. The van der Waals surface area contributed by atoms with Crippen LogP contribution in [-0.2, 0) is 18.2 Å². The van der Waals surface area contributed by atoms with Crippen molar-refractivity contribution in [2.45, 2.75) is 6.42 Å². The molecule has 0 atom stereocenters. The van der Waals surface area contributed by atoms with Gasteiger partial charge in [-0.1, -0.05) is 11.6 Å². The van der Waals surface area contributed by atoms with Gasteiger partial charge in [-0.15, -0.1) is 0 Å². The smallest absolute Gasteiger partial charge is 0.139 e. The number of fused-ring (bicyclic) bond motifs is 1. The third kappa shape index (κ3) is 2.77. The molecule has 2 aromatic heterocycles. The number of hydrogen-bond acceptors (Lipinski definition) is 3. The predicted molar refractivity (Wildman–Crippen MR) is 67.3 cm³/mol. The first-order chi connectivity index (χ1) is 8.22. The number of aliphatic hydroxyl groups is 1. The number of ether oxygens (including phenoxy) is 1. The molecule has 0 aromatic carbocycles. The van der Waals surface area contributed by atoms with Crippen molar-refractivity contribution < 1.29 is 9.84 Å². The van der Waals surface area contributed by atoms with Crippen LogP contribution in [0.5, 0.6) is 0 Å². The van der Waals surface area contributed by atoms with Crippen LogP contribution in [0.4, 0.5) is 0 Å². The van der Waals surface area contributed by atoms with E-state index in [1.807, 2.05) is 17.7 Å². The Hall–Kier alpha value is -1.10. The summed E-state index contributed by atoms with van der Waals surface area (Å²) in [5.41, 5.74) is 2.07. The highest BCUT2D eigenvalue weighted by molar-refractivity contribution is 6.31. The van der Waals surface area contributed by atoms with Gasteiger partial charge in [-0.25, -0.2) is 4.98 Å². The molecule has 0 aliphatic rings. The van der Waals surface area contributed by atoms with E-state index in [0.717, 1.165) is 23.1 Å². The molecule has 92 valence electrons. The number of hydrogen-bond donors (Lipinski definition) is 1. The largest absolute Gasteiger partial charge is 0.394 e. The molecular formula is C12H15ClN2O2. The maximum atomic E-state index is 8.61. The average Bonchev–Trinajstić information content (AvgIpc) is 2.61. The molecule has 0 spiro atoms. The van der Waals surface area contributed by atoms with Gasteiger partial charge < -0.3 is 14.4 Å². The molecule has 0 fully saturated rings. The molecule has 2 rings (SSSR count). The second kappa shape index (κ2) is 5.49. The van der Waals surface area contributed by atoms with Gasteiger partial charge in [0.1, 0.15) is 5.65 Å². The van der Waals surface area contributed by atoms with Gasteiger partial charge in [-0.2, -0.15) is 0 Å². The Kier molecular flexibility index (Phi) is 3.99. The van der Waals surface area contributed by atoms with E-state index in [4.69, 9.17) is 21.4 Å². The molecular weight excluding hydrogens is 240 g/mol. The van der Waals surface area contributed by atoms with E-state index in [2.05, 4.69) is 11.1 Å². The van der Waals surface area contributed by atoms with Crippen molar-refractivity contribution in [3.05, 3.63) is 29.0 Å². The lowest BCUT2D eigenvalue weighted by Gasteiger charge is -2.04. The molecule has 2 aromatic rings. The third-order valence-corrected chi connectivity index (χ3v) is 2.88. The van der Waals surface area contributed by atoms with Crippen molar-refractivity contribution in [2.24, 2.45) is 7.05 Å². The van der Waals surface area contributed by atoms with Crippen molar-refractivity contribution in [1.29, 1.82) is 0 Å². The number of nitrogens with zero attached hydrogens (tertiary/aromatic N) is 2. The number of aliphatic hydroxyl groups excluding tert-OH is 1. The van der Waals surface area contributed by atoms with E-state index in [1.165, 1.54) is 0 Å². The molecule has 1 N–H and O–H groups in total. The Balaban J connectivity index is 2.15. The normalized spacial score (nSPS) is 11.2. The summed E-state index contributed by atoms with van der Waals surface area (Å²) in [7, 11) is 1.98. The molecule has 0 aliphatic heterocycles. The van der Waals surface area contributed by atoms with E-state index in [1.54, 1.807) is 6.20 Å². The highest BCUT2D eigenvalue weighted by atomic mass is 35.5. The van der Waals surface area contributed by atoms with Crippen molar-refractivity contribution >= 4 is 22.6 Å². The van der Waals surface area contributed by atoms with Gasteiger partial charge in [0.2, 0.25) is 0 Å². The fraction of sp³-hybridized carbons (Fsp3) is 0.417. The first kappa shape index (κ1) is 12.4. The Morgan fingerprint density at radius 3 is 3.00 bits per heavy atom. The summed E-state index contributed by atoms with van der Waals surface area (Å²) in [6.45, 7) is 1.04. The van der Waals surface area contributed by atoms with Crippen molar-refractivity contribution in [3.8, 4) is 0 Å². The number of halogens is 1. The minimum atomic E-state index is 0.0618. The van der Waals surface area contributed by atoms with Crippen LogP contribution >= 0.6 is 11.6 Å². The van der Waals surface area contributed by atoms with E-state index in [9.17, 15) is 0 Å². The van der Waals surface area contributed by atoms with Crippen molar-refractivity contribution in [2.75, 3.05) is 19.8 Å². The molecule has 0 aliphatic carbocycles. The minimum Gasteiger partial charge on any atom is -0.394 e. The number of rotatable bonds is 5. The Bertz CT molecular complexity index is 510. The van der Waals surface area contributed by atoms with Crippen LogP contribution < -0.4 is 0 Å². The molecule has 0 unspecified atom stereocenters. The fourth-order valence-electron chi connectivity index (χ4n) is 1.83. The van der Waals surface area contributed by atoms with E-state index < -0.39 is 0 Å². The highest BCUT2D eigenvalue weighted by Gasteiger charge is 2.07. The second-order valence-corrected chi connectivity index (χ2v) is 4.28. The summed E-state index contributed by atoms with van der Waals surface area (Å²) in [4.78, 5) is 4.30. The summed E-state index contributed by atoms with van der Waals surface area (Å²) >= 11 is 5.90. The second-order valence-electron chi connectivity index (χ2n) is 3.85. The quantitative estimate of drug-likeness (QED) is 0.828. The molecule has 0 radical (unpaired) electrons. The maximum Gasteiger partial charge on any atom is 0.139 e. The molecule has 17 heavy (non-hydrogen) atoms. The monoisotopic (exact) mass is 254 g/mol. The van der Waals surface area contributed by atoms with E-state index >= 15 is 0 Å². The molecule has 0 saturated heterocycles. The summed E-state index contributed by atoms with van der Waals surface area (Å²) in [5, 5.41) is 10.3. The predicted octanol–water partition coefficient (Wildman–Crippen LogP) is 1.78.